The van der Waals surface area contributed by atoms with Crippen molar-refractivity contribution in [3.63, 3.8) is 0 Å². The van der Waals surface area contributed by atoms with Gasteiger partial charge in [-0.2, -0.15) is 0 Å². The lowest BCUT2D eigenvalue weighted by atomic mass is 9.98. The Balaban J connectivity index is 1.58. The Hall–Kier alpha value is -4.41. The molecule has 3 N–H and O–H groups in total. The van der Waals surface area contributed by atoms with E-state index in [0.717, 1.165) is 22.3 Å². The fourth-order valence-electron chi connectivity index (χ4n) is 4.70. The van der Waals surface area contributed by atoms with E-state index >= 15 is 0 Å². The molecule has 232 valence electrons. The minimum absolute atomic E-state index is 0.00504. The van der Waals surface area contributed by atoms with Crippen LogP contribution in [0.1, 0.15) is 77.8 Å². The molecule has 0 aromatic heterocycles. The van der Waals surface area contributed by atoms with E-state index in [1.54, 1.807) is 41.5 Å². The van der Waals surface area contributed by atoms with Gasteiger partial charge in [-0.25, -0.2) is 14.4 Å². The molecular weight excluding hydrogens is 556 g/mol. The number of hydrogen-bond acceptors (Lipinski definition) is 8. The first-order valence-electron chi connectivity index (χ1n) is 14.1. The fraction of sp³-hybridized carbons (Fsp3) is 0.469. The number of fused-ring (bicyclic) bond motifs is 3. The second-order valence-electron chi connectivity index (χ2n) is 12.3. The van der Waals surface area contributed by atoms with Crippen LogP contribution in [0.4, 0.5) is 4.79 Å². The molecule has 0 saturated heterocycles. The van der Waals surface area contributed by atoms with Crippen LogP contribution in [0.2, 0.25) is 0 Å². The summed E-state index contributed by atoms with van der Waals surface area (Å²) in [5, 5.41) is 14.4. The van der Waals surface area contributed by atoms with Gasteiger partial charge in [0.2, 0.25) is 5.91 Å². The second kappa shape index (κ2) is 13.7. The maximum Gasteiger partial charge on any atom is 0.407 e. The number of rotatable bonds is 11. The van der Waals surface area contributed by atoms with Gasteiger partial charge in [-0.15, -0.1) is 0 Å². The van der Waals surface area contributed by atoms with Crippen molar-refractivity contribution < 1.29 is 43.3 Å². The van der Waals surface area contributed by atoms with E-state index in [1.165, 1.54) is 0 Å². The molecule has 2 aromatic rings. The van der Waals surface area contributed by atoms with Gasteiger partial charge in [0.05, 0.1) is 6.42 Å². The van der Waals surface area contributed by atoms with Crippen LogP contribution in [0.15, 0.2) is 48.5 Å². The van der Waals surface area contributed by atoms with Gasteiger partial charge in [0.1, 0.15) is 29.9 Å². The number of carboxylic acids is 1. The van der Waals surface area contributed by atoms with E-state index in [1.807, 2.05) is 48.5 Å². The number of esters is 2. The molecule has 2 aromatic carbocycles. The summed E-state index contributed by atoms with van der Waals surface area (Å²) in [5.41, 5.74) is 2.44. The highest BCUT2D eigenvalue weighted by molar-refractivity contribution is 5.89. The number of alkyl carbamates (subject to hydrolysis) is 1. The first-order valence-corrected chi connectivity index (χ1v) is 14.1. The molecule has 0 fully saturated rings. The molecule has 0 unspecified atom stereocenters. The van der Waals surface area contributed by atoms with Crippen molar-refractivity contribution in [1.82, 2.24) is 10.6 Å². The Bertz CT molecular complexity index is 1310. The molecule has 0 radical (unpaired) electrons. The number of aliphatic carboxylic acids is 1. The van der Waals surface area contributed by atoms with E-state index < -0.39 is 59.6 Å². The highest BCUT2D eigenvalue weighted by atomic mass is 16.6. The highest BCUT2D eigenvalue weighted by Crippen LogP contribution is 2.44. The summed E-state index contributed by atoms with van der Waals surface area (Å²) in [6, 6.07) is 12.8. The average Bonchev–Trinajstić information content (AvgIpc) is 3.21. The third kappa shape index (κ3) is 9.83. The Morgan fingerprint density at radius 2 is 1.33 bits per heavy atom. The Morgan fingerprint density at radius 1 is 0.791 bits per heavy atom. The number of carbonyl (C=O) groups excluding carboxylic acids is 4. The molecule has 0 heterocycles. The summed E-state index contributed by atoms with van der Waals surface area (Å²) >= 11 is 0. The molecule has 2 amide bonds. The van der Waals surface area contributed by atoms with Gasteiger partial charge < -0.3 is 30.0 Å². The predicted molar refractivity (Wildman–Crippen MR) is 157 cm³/mol. The third-order valence-electron chi connectivity index (χ3n) is 6.41. The minimum atomic E-state index is -1.44. The van der Waals surface area contributed by atoms with Gasteiger partial charge in [-0.3, -0.25) is 9.59 Å². The number of amides is 2. The third-order valence-corrected chi connectivity index (χ3v) is 6.41. The Labute approximate surface area is 251 Å². The molecule has 0 bridgehead atoms. The van der Waals surface area contributed by atoms with Gasteiger partial charge in [-0.05, 0) is 70.2 Å². The SMILES string of the molecule is CC(C)(C)OC(=O)C[C@H](NC(=O)CC[C@H](NC(=O)OCC1c2ccccc2-c2ccccc21)C(=O)O)C(=O)OC(C)(C)C. The summed E-state index contributed by atoms with van der Waals surface area (Å²) in [7, 11) is 0. The number of hydrogen-bond donors (Lipinski definition) is 3. The lowest BCUT2D eigenvalue weighted by molar-refractivity contribution is -0.165. The first-order chi connectivity index (χ1) is 20.0. The van der Waals surface area contributed by atoms with Crippen LogP contribution in [-0.2, 0) is 33.4 Å². The van der Waals surface area contributed by atoms with Crippen molar-refractivity contribution in [2.24, 2.45) is 0 Å². The highest BCUT2D eigenvalue weighted by Gasteiger charge is 2.32. The zero-order valence-corrected chi connectivity index (χ0v) is 25.4. The summed E-state index contributed by atoms with van der Waals surface area (Å²) in [6.07, 6.45) is -2.07. The predicted octanol–water partition coefficient (Wildman–Crippen LogP) is 4.32. The van der Waals surface area contributed by atoms with Crippen molar-refractivity contribution in [2.75, 3.05) is 6.61 Å². The van der Waals surface area contributed by atoms with E-state index in [-0.39, 0.29) is 25.4 Å². The van der Waals surface area contributed by atoms with Crippen LogP contribution in [-0.4, -0.2) is 64.9 Å². The second-order valence-corrected chi connectivity index (χ2v) is 12.3. The number of benzene rings is 2. The summed E-state index contributed by atoms with van der Waals surface area (Å²) in [5.74, 6) is -3.83. The van der Waals surface area contributed by atoms with Crippen LogP contribution in [0.5, 0.6) is 0 Å². The molecule has 1 aliphatic carbocycles. The lowest BCUT2D eigenvalue weighted by Crippen LogP contribution is -2.47. The quantitative estimate of drug-likeness (QED) is 0.254. The maximum absolute atomic E-state index is 12.7. The number of nitrogens with one attached hydrogen (secondary N) is 2. The zero-order chi connectivity index (χ0) is 31.9. The normalized spacial score (nSPS) is 14.0. The van der Waals surface area contributed by atoms with Gasteiger partial charge >= 0.3 is 24.0 Å². The smallest absolute Gasteiger partial charge is 0.407 e. The van der Waals surface area contributed by atoms with Crippen LogP contribution >= 0.6 is 0 Å². The molecule has 3 rings (SSSR count). The first kappa shape index (κ1) is 33.1. The lowest BCUT2D eigenvalue weighted by Gasteiger charge is -2.26. The number of carboxylic acid groups (broad SMARTS) is 1. The molecule has 1 aliphatic rings. The van der Waals surface area contributed by atoms with E-state index in [4.69, 9.17) is 14.2 Å². The van der Waals surface area contributed by atoms with E-state index in [0.29, 0.717) is 0 Å². The standard InChI is InChI=1S/C32H40N2O9/c1-31(2,3)42-27(36)17-25(29(39)43-32(4,5)6)33-26(35)16-15-24(28(37)38)34-30(40)41-18-23-21-13-9-7-11-19(21)20-12-8-10-14-22(20)23/h7-14,23-25H,15-18H2,1-6H3,(H,33,35)(H,34,40)(H,37,38)/t24-,25-/m0/s1. The van der Waals surface area contributed by atoms with Crippen molar-refractivity contribution >= 4 is 29.9 Å². The van der Waals surface area contributed by atoms with Crippen molar-refractivity contribution in [3.05, 3.63) is 59.7 Å². The van der Waals surface area contributed by atoms with Crippen LogP contribution < -0.4 is 10.6 Å². The molecule has 0 spiro atoms. The molecular formula is C32H40N2O9. The van der Waals surface area contributed by atoms with Crippen molar-refractivity contribution in [2.45, 2.75) is 90.0 Å². The van der Waals surface area contributed by atoms with Gasteiger partial charge in [0.15, 0.2) is 0 Å². The topological polar surface area (TPSA) is 157 Å². The monoisotopic (exact) mass is 596 g/mol. The van der Waals surface area contributed by atoms with Gasteiger partial charge in [-0.1, -0.05) is 48.5 Å². The molecule has 11 nitrogen and oxygen atoms in total. The molecule has 11 heteroatoms. The van der Waals surface area contributed by atoms with E-state index in [9.17, 15) is 29.1 Å². The average molecular weight is 597 g/mol. The largest absolute Gasteiger partial charge is 0.480 e. The van der Waals surface area contributed by atoms with Crippen molar-refractivity contribution in [1.29, 1.82) is 0 Å². The Morgan fingerprint density at radius 3 is 1.84 bits per heavy atom. The van der Waals surface area contributed by atoms with Crippen LogP contribution in [0.3, 0.4) is 0 Å². The molecule has 0 aliphatic heterocycles. The van der Waals surface area contributed by atoms with Gasteiger partial charge in [0, 0.05) is 12.3 Å². The summed E-state index contributed by atoms with van der Waals surface area (Å²) in [4.78, 5) is 62.3. The van der Waals surface area contributed by atoms with E-state index in [2.05, 4.69) is 10.6 Å². The minimum Gasteiger partial charge on any atom is -0.480 e. The van der Waals surface area contributed by atoms with Crippen LogP contribution in [0, 0.1) is 0 Å². The summed E-state index contributed by atoms with van der Waals surface area (Å²) in [6.45, 7) is 9.93. The molecule has 2 atom stereocenters. The van der Waals surface area contributed by atoms with Crippen molar-refractivity contribution in [3.8, 4) is 11.1 Å². The zero-order valence-electron chi connectivity index (χ0n) is 25.4. The Kier molecular flexibility index (Phi) is 10.6. The summed E-state index contributed by atoms with van der Waals surface area (Å²) < 4.78 is 16.0. The van der Waals surface area contributed by atoms with Crippen LogP contribution in [0.25, 0.3) is 11.1 Å². The molecule has 0 saturated carbocycles. The fourth-order valence-corrected chi connectivity index (χ4v) is 4.70. The number of carbonyl (C=O) groups is 5. The van der Waals surface area contributed by atoms with Gasteiger partial charge in [0.25, 0.3) is 0 Å². The molecule has 43 heavy (non-hydrogen) atoms. The maximum atomic E-state index is 12.7. The number of ether oxygens (including phenoxy) is 3.